The maximum atomic E-state index is 14.6. The largest absolute Gasteiger partial charge is 0.365 e. The van der Waals surface area contributed by atoms with Crippen LogP contribution >= 0.6 is 11.6 Å². The van der Waals surface area contributed by atoms with Crippen molar-refractivity contribution in [2.45, 2.75) is 37.8 Å². The Morgan fingerprint density at radius 2 is 2.13 bits per heavy atom. The second-order valence-corrected chi connectivity index (χ2v) is 8.64. The Morgan fingerprint density at radius 1 is 1.26 bits per heavy atom. The molecule has 2 N–H and O–H groups in total. The Bertz CT molecular complexity index is 1140. The molecular weight excluding hydrogens is 421 g/mol. The summed E-state index contributed by atoms with van der Waals surface area (Å²) in [6.07, 6.45) is 8.11. The molecule has 3 aromatic heterocycles. The number of nitrogens with one attached hydrogen (secondary N) is 2. The highest BCUT2D eigenvalue weighted by atomic mass is 35.5. The Morgan fingerprint density at radius 3 is 2.94 bits per heavy atom. The maximum absolute atomic E-state index is 14.6. The molecule has 1 aliphatic carbocycles. The van der Waals surface area contributed by atoms with Gasteiger partial charge in [0.25, 0.3) is 0 Å². The van der Waals surface area contributed by atoms with Crippen molar-refractivity contribution in [1.29, 1.82) is 0 Å². The molecular formula is C21H23ClFN7O. The van der Waals surface area contributed by atoms with Gasteiger partial charge in [-0.15, -0.1) is 0 Å². The molecule has 10 heteroatoms. The maximum Gasteiger partial charge on any atom is 0.320 e. The number of amides is 2. The number of hydrogen-bond donors (Lipinski definition) is 2. The van der Waals surface area contributed by atoms with Crippen LogP contribution in [0.2, 0.25) is 5.02 Å². The molecule has 1 aliphatic heterocycles. The fraction of sp³-hybridized carbons (Fsp3) is 0.429. The lowest BCUT2D eigenvalue weighted by molar-refractivity contribution is 0.164. The van der Waals surface area contributed by atoms with Crippen molar-refractivity contribution in [3.63, 3.8) is 0 Å². The molecule has 0 radical (unpaired) electrons. The Balaban J connectivity index is 1.37. The van der Waals surface area contributed by atoms with Gasteiger partial charge in [0.2, 0.25) is 0 Å². The summed E-state index contributed by atoms with van der Waals surface area (Å²) >= 11 is 6.09. The third kappa shape index (κ3) is 3.78. The molecule has 162 valence electrons. The molecule has 4 heterocycles. The van der Waals surface area contributed by atoms with Gasteiger partial charge in [-0.25, -0.2) is 24.1 Å². The first-order chi connectivity index (χ1) is 15.0. The number of aromatic amines is 1. The quantitative estimate of drug-likeness (QED) is 0.638. The van der Waals surface area contributed by atoms with E-state index in [4.69, 9.17) is 11.6 Å². The SMILES string of the molecule is CN1CCN(C2CCCC(Nc3nc(-c4c[nH]c5ncc(Cl)cc45)ncc3F)C2)C1=O. The number of nitrogens with zero attached hydrogens (tertiary/aromatic N) is 5. The zero-order valence-electron chi connectivity index (χ0n) is 17.1. The van der Waals surface area contributed by atoms with Crippen molar-refractivity contribution >= 4 is 34.5 Å². The number of fused-ring (bicyclic) bond motifs is 1. The van der Waals surface area contributed by atoms with Crippen molar-refractivity contribution < 1.29 is 9.18 Å². The molecule has 3 aromatic rings. The molecule has 8 nitrogen and oxygen atoms in total. The molecule has 1 saturated carbocycles. The van der Waals surface area contributed by atoms with E-state index >= 15 is 0 Å². The van der Waals surface area contributed by atoms with Gasteiger partial charge in [-0.3, -0.25) is 0 Å². The first-order valence-electron chi connectivity index (χ1n) is 10.4. The molecule has 2 amide bonds. The molecule has 2 unspecified atom stereocenters. The molecule has 1 saturated heterocycles. The Hall–Kier alpha value is -2.94. The smallest absolute Gasteiger partial charge is 0.320 e. The van der Waals surface area contributed by atoms with Gasteiger partial charge in [0.05, 0.1) is 11.2 Å². The summed E-state index contributed by atoms with van der Waals surface area (Å²) in [4.78, 5) is 32.0. The Labute approximate surface area is 183 Å². The molecule has 0 spiro atoms. The minimum Gasteiger partial charge on any atom is -0.365 e. The van der Waals surface area contributed by atoms with E-state index in [0.29, 0.717) is 22.1 Å². The summed E-state index contributed by atoms with van der Waals surface area (Å²) in [5.41, 5.74) is 1.37. The van der Waals surface area contributed by atoms with E-state index in [0.717, 1.165) is 44.2 Å². The molecule has 2 atom stereocenters. The van der Waals surface area contributed by atoms with E-state index in [2.05, 4.69) is 25.3 Å². The van der Waals surface area contributed by atoms with Crippen LogP contribution < -0.4 is 5.32 Å². The molecule has 2 aliphatic rings. The van der Waals surface area contributed by atoms with Crippen molar-refractivity contribution in [2.75, 3.05) is 25.5 Å². The second-order valence-electron chi connectivity index (χ2n) is 8.20. The van der Waals surface area contributed by atoms with Gasteiger partial charge < -0.3 is 20.1 Å². The number of rotatable bonds is 4. The third-order valence-corrected chi connectivity index (χ3v) is 6.37. The van der Waals surface area contributed by atoms with Crippen LogP contribution in [0.25, 0.3) is 22.4 Å². The van der Waals surface area contributed by atoms with Crippen molar-refractivity contribution in [3.8, 4) is 11.4 Å². The van der Waals surface area contributed by atoms with Crippen molar-refractivity contribution in [1.82, 2.24) is 29.7 Å². The fourth-order valence-electron chi connectivity index (χ4n) is 4.54. The van der Waals surface area contributed by atoms with Gasteiger partial charge in [0.1, 0.15) is 5.65 Å². The number of carbonyl (C=O) groups is 1. The van der Waals surface area contributed by atoms with E-state index in [-0.39, 0.29) is 23.9 Å². The monoisotopic (exact) mass is 443 g/mol. The zero-order chi connectivity index (χ0) is 21.5. The summed E-state index contributed by atoms with van der Waals surface area (Å²) < 4.78 is 14.6. The third-order valence-electron chi connectivity index (χ3n) is 6.16. The second kappa shape index (κ2) is 7.96. The summed E-state index contributed by atoms with van der Waals surface area (Å²) in [5, 5.41) is 4.54. The lowest BCUT2D eigenvalue weighted by Gasteiger charge is -2.35. The number of pyridine rings is 1. The number of anilines is 1. The summed E-state index contributed by atoms with van der Waals surface area (Å²) in [5.74, 6) is 0.0617. The highest BCUT2D eigenvalue weighted by molar-refractivity contribution is 6.31. The number of hydrogen-bond acceptors (Lipinski definition) is 5. The summed E-state index contributed by atoms with van der Waals surface area (Å²) in [6, 6.07) is 2.06. The van der Waals surface area contributed by atoms with E-state index in [9.17, 15) is 9.18 Å². The highest BCUT2D eigenvalue weighted by Crippen LogP contribution is 2.30. The number of urea groups is 1. The fourth-order valence-corrected chi connectivity index (χ4v) is 4.70. The van der Waals surface area contributed by atoms with Gasteiger partial charge in [-0.05, 0) is 31.7 Å². The molecule has 0 aromatic carbocycles. The normalized spacial score (nSPS) is 21.8. The highest BCUT2D eigenvalue weighted by Gasteiger charge is 2.35. The van der Waals surface area contributed by atoms with E-state index in [1.165, 1.54) is 6.20 Å². The van der Waals surface area contributed by atoms with Gasteiger partial charge in [0, 0.05) is 55.6 Å². The predicted molar refractivity (Wildman–Crippen MR) is 116 cm³/mol. The van der Waals surface area contributed by atoms with Gasteiger partial charge in [-0.1, -0.05) is 11.6 Å². The van der Waals surface area contributed by atoms with Crippen LogP contribution in [0.3, 0.4) is 0 Å². The minimum atomic E-state index is -0.501. The predicted octanol–water partition coefficient (Wildman–Crippen LogP) is 3.90. The lowest BCUT2D eigenvalue weighted by atomic mass is 9.90. The lowest BCUT2D eigenvalue weighted by Crippen LogP contribution is -2.44. The summed E-state index contributed by atoms with van der Waals surface area (Å²) in [7, 11) is 1.83. The molecule has 0 bridgehead atoms. The number of halogens is 2. The number of H-pyrrole nitrogens is 1. The van der Waals surface area contributed by atoms with Gasteiger partial charge >= 0.3 is 6.03 Å². The van der Waals surface area contributed by atoms with Crippen LogP contribution in [0.5, 0.6) is 0 Å². The number of aromatic nitrogens is 4. The number of carbonyl (C=O) groups excluding carboxylic acids is 1. The van der Waals surface area contributed by atoms with Crippen LogP contribution in [-0.4, -0.2) is 68.0 Å². The van der Waals surface area contributed by atoms with Crippen LogP contribution in [0, 0.1) is 5.82 Å². The van der Waals surface area contributed by atoms with E-state index in [1.807, 2.05) is 11.9 Å². The van der Waals surface area contributed by atoms with Gasteiger partial charge in [0.15, 0.2) is 17.5 Å². The van der Waals surface area contributed by atoms with Gasteiger partial charge in [-0.2, -0.15) is 0 Å². The molecule has 2 fully saturated rings. The summed E-state index contributed by atoms with van der Waals surface area (Å²) in [6.45, 7) is 1.50. The first-order valence-corrected chi connectivity index (χ1v) is 10.8. The minimum absolute atomic E-state index is 0.0359. The van der Waals surface area contributed by atoms with Crippen molar-refractivity contribution in [3.05, 3.63) is 35.5 Å². The van der Waals surface area contributed by atoms with E-state index < -0.39 is 5.82 Å². The molecule has 31 heavy (non-hydrogen) atoms. The van der Waals surface area contributed by atoms with Crippen LogP contribution in [0.15, 0.2) is 24.7 Å². The van der Waals surface area contributed by atoms with Crippen LogP contribution in [0.1, 0.15) is 25.7 Å². The first kappa shape index (κ1) is 20.0. The van der Waals surface area contributed by atoms with E-state index in [1.54, 1.807) is 23.4 Å². The molecule has 5 rings (SSSR count). The Kier molecular flexibility index (Phi) is 5.13. The van der Waals surface area contributed by atoms with Crippen LogP contribution in [0.4, 0.5) is 15.0 Å². The topological polar surface area (TPSA) is 90.0 Å². The number of likely N-dealkylation sites (N-methyl/N-ethyl adjacent to an activating group) is 1. The van der Waals surface area contributed by atoms with Crippen molar-refractivity contribution in [2.24, 2.45) is 0 Å². The standard InChI is InChI=1S/C21H23ClFN7O/c1-29-5-6-30(21(29)31)14-4-2-3-13(8-14)27-20-17(23)11-26-19(28-20)16-10-25-18-15(16)7-12(22)9-24-18/h7,9-11,13-14H,2-6,8H2,1H3,(H,24,25)(H,26,27,28). The average molecular weight is 444 g/mol. The average Bonchev–Trinajstić information content (AvgIpc) is 3.33. The van der Waals surface area contributed by atoms with Crippen LogP contribution in [-0.2, 0) is 0 Å². The zero-order valence-corrected chi connectivity index (χ0v) is 17.9.